The van der Waals surface area contributed by atoms with E-state index in [1.54, 1.807) is 25.1 Å². The number of phenolic OH excluding ortho intramolecular Hbond substituents is 1. The topological polar surface area (TPSA) is 105 Å². The van der Waals surface area contributed by atoms with Gasteiger partial charge >= 0.3 is 0 Å². The Kier molecular flexibility index (Phi) is 6.47. The van der Waals surface area contributed by atoms with Gasteiger partial charge in [0.05, 0.1) is 16.3 Å². The number of rotatable bonds is 7. The SMILES string of the molecule is CCC(OC)C(=O)Nc1cc(S(=O)(=O)Nc2cccc(Cl)c2)ccc1O. The number of hydrogen-bond donors (Lipinski definition) is 3. The van der Waals surface area contributed by atoms with E-state index >= 15 is 0 Å². The lowest BCUT2D eigenvalue weighted by molar-refractivity contribution is -0.125. The van der Waals surface area contributed by atoms with Gasteiger partial charge in [0, 0.05) is 12.1 Å². The molecule has 0 aliphatic rings. The lowest BCUT2D eigenvalue weighted by atomic mass is 10.2. The third-order valence-corrected chi connectivity index (χ3v) is 5.17. The standard InChI is InChI=1S/C17H19ClN2O5S/c1-3-16(25-2)17(22)19-14-10-13(7-8-15(14)21)26(23,24)20-12-6-4-5-11(18)9-12/h4-10,16,20-21H,3H2,1-2H3,(H,19,22). The van der Waals surface area contributed by atoms with E-state index in [4.69, 9.17) is 16.3 Å². The number of sulfonamides is 1. The Balaban J connectivity index is 2.28. The number of anilines is 2. The van der Waals surface area contributed by atoms with E-state index in [1.807, 2.05) is 0 Å². The van der Waals surface area contributed by atoms with Gasteiger partial charge in [-0.15, -0.1) is 0 Å². The largest absolute Gasteiger partial charge is 0.506 e. The average Bonchev–Trinajstić information content (AvgIpc) is 2.57. The number of aromatic hydroxyl groups is 1. The summed E-state index contributed by atoms with van der Waals surface area (Å²) in [4.78, 5) is 12.0. The van der Waals surface area contributed by atoms with E-state index in [9.17, 15) is 18.3 Å². The zero-order chi connectivity index (χ0) is 19.3. The Morgan fingerprint density at radius 1 is 1.27 bits per heavy atom. The van der Waals surface area contributed by atoms with E-state index in [0.717, 1.165) is 0 Å². The van der Waals surface area contributed by atoms with Crippen molar-refractivity contribution in [2.75, 3.05) is 17.1 Å². The number of nitrogens with one attached hydrogen (secondary N) is 2. The third kappa shape index (κ3) is 4.87. The molecule has 9 heteroatoms. The molecule has 0 aromatic heterocycles. The Morgan fingerprint density at radius 2 is 2.00 bits per heavy atom. The third-order valence-electron chi connectivity index (χ3n) is 3.56. The molecule has 1 amide bonds. The summed E-state index contributed by atoms with van der Waals surface area (Å²) in [5, 5.41) is 12.8. The van der Waals surface area contributed by atoms with Crippen LogP contribution < -0.4 is 10.0 Å². The van der Waals surface area contributed by atoms with Crippen LogP contribution in [0.2, 0.25) is 5.02 Å². The summed E-state index contributed by atoms with van der Waals surface area (Å²) in [5.74, 6) is -0.742. The van der Waals surface area contributed by atoms with Crippen LogP contribution in [-0.4, -0.2) is 32.6 Å². The summed E-state index contributed by atoms with van der Waals surface area (Å²) < 4.78 is 32.5. The lowest BCUT2D eigenvalue weighted by Gasteiger charge is -2.15. The first-order valence-corrected chi connectivity index (χ1v) is 9.58. The summed E-state index contributed by atoms with van der Waals surface area (Å²) in [6, 6.07) is 9.83. The average molecular weight is 399 g/mol. The van der Waals surface area contributed by atoms with Gasteiger partial charge in [-0.1, -0.05) is 24.6 Å². The van der Waals surface area contributed by atoms with Crippen molar-refractivity contribution in [3.63, 3.8) is 0 Å². The molecule has 0 spiro atoms. The predicted octanol–water partition coefficient (Wildman–Crippen LogP) is 3.21. The molecule has 1 unspecified atom stereocenters. The first-order chi connectivity index (χ1) is 12.3. The summed E-state index contributed by atoms with van der Waals surface area (Å²) in [6.07, 6.45) is -0.281. The van der Waals surface area contributed by atoms with E-state index in [2.05, 4.69) is 10.0 Å². The maximum atomic E-state index is 12.5. The second kappa shape index (κ2) is 8.39. The molecule has 0 fully saturated rings. The van der Waals surface area contributed by atoms with Crippen LogP contribution >= 0.6 is 11.6 Å². The molecule has 1 atom stereocenters. The van der Waals surface area contributed by atoms with Crippen molar-refractivity contribution < 1.29 is 23.1 Å². The Bertz CT molecular complexity index is 898. The first-order valence-electron chi connectivity index (χ1n) is 7.72. The highest BCUT2D eigenvalue weighted by molar-refractivity contribution is 7.92. The van der Waals surface area contributed by atoms with Crippen molar-refractivity contribution in [3.05, 3.63) is 47.5 Å². The molecule has 3 N–H and O–H groups in total. The molecule has 0 aliphatic heterocycles. The first kappa shape index (κ1) is 20.0. The molecule has 0 saturated heterocycles. The molecule has 0 saturated carbocycles. The Morgan fingerprint density at radius 3 is 2.62 bits per heavy atom. The van der Waals surface area contributed by atoms with Gasteiger partial charge in [0.25, 0.3) is 15.9 Å². The number of phenols is 1. The molecule has 2 aromatic carbocycles. The number of halogens is 1. The second-order valence-electron chi connectivity index (χ2n) is 5.42. The van der Waals surface area contributed by atoms with E-state index < -0.39 is 22.0 Å². The number of benzene rings is 2. The van der Waals surface area contributed by atoms with Gasteiger partial charge in [-0.05, 0) is 42.8 Å². The minimum absolute atomic E-state index is 0.0283. The van der Waals surface area contributed by atoms with Crippen LogP contribution in [0, 0.1) is 0 Å². The molecule has 0 heterocycles. The van der Waals surface area contributed by atoms with Gasteiger partial charge in [0.1, 0.15) is 11.9 Å². The lowest BCUT2D eigenvalue weighted by Crippen LogP contribution is -2.29. The van der Waals surface area contributed by atoms with Crippen LogP contribution in [0.15, 0.2) is 47.4 Å². The predicted molar refractivity (Wildman–Crippen MR) is 100 cm³/mol. The number of ether oxygens (including phenoxy) is 1. The summed E-state index contributed by atoms with van der Waals surface area (Å²) in [7, 11) is -2.55. The van der Waals surface area contributed by atoms with Gasteiger partial charge in [0.15, 0.2) is 0 Å². The molecule has 140 valence electrons. The van der Waals surface area contributed by atoms with E-state index in [-0.39, 0.29) is 16.3 Å². The van der Waals surface area contributed by atoms with Gasteiger partial charge in [-0.25, -0.2) is 8.42 Å². The highest BCUT2D eigenvalue weighted by Gasteiger charge is 2.20. The molecular weight excluding hydrogens is 380 g/mol. The fourth-order valence-corrected chi connectivity index (χ4v) is 3.49. The van der Waals surface area contributed by atoms with E-state index in [0.29, 0.717) is 17.1 Å². The van der Waals surface area contributed by atoms with Crippen molar-refractivity contribution in [1.82, 2.24) is 0 Å². The van der Waals surface area contributed by atoms with Gasteiger partial charge in [-0.3, -0.25) is 9.52 Å². The summed E-state index contributed by atoms with van der Waals surface area (Å²) in [6.45, 7) is 1.77. The number of carbonyl (C=O) groups is 1. The van der Waals surface area contributed by atoms with Gasteiger partial charge in [0.2, 0.25) is 0 Å². The molecule has 0 aliphatic carbocycles. The highest BCUT2D eigenvalue weighted by Crippen LogP contribution is 2.28. The smallest absolute Gasteiger partial charge is 0.261 e. The van der Waals surface area contributed by atoms with Crippen LogP contribution in [0.5, 0.6) is 5.75 Å². The monoisotopic (exact) mass is 398 g/mol. The van der Waals surface area contributed by atoms with Crippen molar-refractivity contribution in [2.45, 2.75) is 24.3 Å². The quantitative estimate of drug-likeness (QED) is 0.621. The second-order valence-corrected chi connectivity index (χ2v) is 7.54. The fraction of sp³-hybridized carbons (Fsp3) is 0.235. The summed E-state index contributed by atoms with van der Waals surface area (Å²) in [5.41, 5.74) is 0.265. The molecule has 0 radical (unpaired) electrons. The maximum Gasteiger partial charge on any atom is 0.261 e. The number of amides is 1. The molecule has 26 heavy (non-hydrogen) atoms. The van der Waals surface area contributed by atoms with Crippen molar-refractivity contribution >= 4 is 38.9 Å². The van der Waals surface area contributed by atoms with Crippen LogP contribution in [-0.2, 0) is 19.6 Å². The van der Waals surface area contributed by atoms with Crippen LogP contribution in [0.1, 0.15) is 13.3 Å². The molecular formula is C17H19ClN2O5S. The molecule has 0 bridgehead atoms. The molecule has 2 rings (SSSR count). The van der Waals surface area contributed by atoms with Crippen LogP contribution in [0.25, 0.3) is 0 Å². The number of carbonyl (C=O) groups excluding carboxylic acids is 1. The van der Waals surface area contributed by atoms with Gasteiger partial charge in [-0.2, -0.15) is 0 Å². The molecule has 7 nitrogen and oxygen atoms in total. The van der Waals surface area contributed by atoms with Crippen LogP contribution in [0.3, 0.4) is 0 Å². The van der Waals surface area contributed by atoms with Crippen molar-refractivity contribution in [2.24, 2.45) is 0 Å². The summed E-state index contributed by atoms with van der Waals surface area (Å²) >= 11 is 5.85. The number of hydrogen-bond acceptors (Lipinski definition) is 5. The van der Waals surface area contributed by atoms with Gasteiger partial charge < -0.3 is 15.2 Å². The fourth-order valence-electron chi connectivity index (χ4n) is 2.22. The molecule has 2 aromatic rings. The minimum atomic E-state index is -3.94. The Labute approximate surface area is 157 Å². The zero-order valence-electron chi connectivity index (χ0n) is 14.2. The normalized spacial score (nSPS) is 12.4. The van der Waals surface area contributed by atoms with Crippen molar-refractivity contribution in [1.29, 1.82) is 0 Å². The zero-order valence-corrected chi connectivity index (χ0v) is 15.8. The Hall–Kier alpha value is -2.29. The number of methoxy groups -OCH3 is 1. The minimum Gasteiger partial charge on any atom is -0.506 e. The highest BCUT2D eigenvalue weighted by atomic mass is 35.5. The maximum absolute atomic E-state index is 12.5. The van der Waals surface area contributed by atoms with Crippen LogP contribution in [0.4, 0.5) is 11.4 Å². The van der Waals surface area contributed by atoms with E-state index in [1.165, 1.54) is 31.4 Å². The van der Waals surface area contributed by atoms with Crippen molar-refractivity contribution in [3.8, 4) is 5.75 Å².